The third-order valence-electron chi connectivity index (χ3n) is 9.59. The molecule has 3 aromatic heterocycles. The summed E-state index contributed by atoms with van der Waals surface area (Å²) in [5, 5.41) is 8.58. The van der Waals surface area contributed by atoms with Gasteiger partial charge < -0.3 is 9.97 Å². The molecule has 1 radical (unpaired) electrons. The molecule has 1 unspecified atom stereocenters. The van der Waals surface area contributed by atoms with E-state index in [2.05, 4.69) is 108 Å². The van der Waals surface area contributed by atoms with Crippen molar-refractivity contribution in [3.63, 3.8) is 0 Å². The summed E-state index contributed by atoms with van der Waals surface area (Å²) in [5.74, 6) is -1.73. The fourth-order valence-corrected chi connectivity index (χ4v) is 8.90. The SMILES string of the molecule is C[Si](C)(C)c1ccc(-c2[c-]cccc2)nc1.[2H]C(C)(c1ccccc1)c1cc(-c2[c-]ccc3c2sc2cc4cc5ccccc5cc4cc23)ncc1F.[Ir]. The van der Waals surface area contributed by atoms with Crippen molar-refractivity contribution in [1.29, 1.82) is 0 Å². The Bertz CT molecular complexity index is 2750. The quantitative estimate of drug-likeness (QED) is 0.0977. The van der Waals surface area contributed by atoms with Crippen LogP contribution in [0.15, 0.2) is 146 Å². The second-order valence-corrected chi connectivity index (χ2v) is 20.2. The molecule has 3 heterocycles. The molecule has 53 heavy (non-hydrogen) atoms. The molecule has 0 fully saturated rings. The first kappa shape index (κ1) is 35.2. The Morgan fingerprint density at radius 2 is 1.38 bits per heavy atom. The van der Waals surface area contributed by atoms with Gasteiger partial charge in [-0.3, -0.25) is 0 Å². The van der Waals surface area contributed by atoms with Crippen molar-refractivity contribution < 1.29 is 25.9 Å². The van der Waals surface area contributed by atoms with Crippen LogP contribution < -0.4 is 5.19 Å². The van der Waals surface area contributed by atoms with Gasteiger partial charge in [-0.2, -0.15) is 11.3 Å². The molecule has 0 saturated heterocycles. The number of halogens is 1. The van der Waals surface area contributed by atoms with Gasteiger partial charge in [0.2, 0.25) is 0 Å². The molecule has 1 atom stereocenters. The van der Waals surface area contributed by atoms with E-state index < -0.39 is 19.8 Å². The number of hydrogen-bond acceptors (Lipinski definition) is 3. The standard InChI is InChI=1S/C33H21FNS.C14H16NSi.Ir/c1-20(21-8-3-2-4-9-21)28-18-31(35-19-30(28)34)27-13-7-12-26-29-16-24-14-22-10-5-6-11-23(22)15-25(24)17-32(29)36-33(26)27;1-16(2,3)13-9-10-14(15-11-13)12-7-5-4-6-8-12;/h2-12,14-20H,1H3;4-7,9-11H,1-3H3;/q2*-1;/i20D;;. The Labute approximate surface area is 330 Å². The average molecular weight is 902 g/mol. The zero-order chi connectivity index (χ0) is 36.7. The fourth-order valence-electron chi connectivity index (χ4n) is 6.62. The monoisotopic (exact) mass is 902 g/mol. The van der Waals surface area contributed by atoms with E-state index in [-0.39, 0.29) is 20.1 Å². The summed E-state index contributed by atoms with van der Waals surface area (Å²) in [6, 6.07) is 51.3. The van der Waals surface area contributed by atoms with E-state index in [9.17, 15) is 0 Å². The van der Waals surface area contributed by atoms with E-state index in [0.29, 0.717) is 11.3 Å². The van der Waals surface area contributed by atoms with Crippen LogP contribution in [0.2, 0.25) is 19.6 Å². The maximum atomic E-state index is 15.0. The van der Waals surface area contributed by atoms with Crippen molar-refractivity contribution in [1.82, 2.24) is 9.97 Å². The third kappa shape index (κ3) is 7.51. The van der Waals surface area contributed by atoms with E-state index in [1.54, 1.807) is 24.3 Å². The molecule has 6 aromatic carbocycles. The number of aromatic nitrogens is 2. The minimum atomic E-state index is -1.25. The molecule has 0 bridgehead atoms. The molecule has 0 aliphatic heterocycles. The Morgan fingerprint density at radius 3 is 2.06 bits per heavy atom. The van der Waals surface area contributed by atoms with Crippen LogP contribution >= 0.6 is 11.3 Å². The summed E-state index contributed by atoms with van der Waals surface area (Å²) >= 11 is 1.71. The van der Waals surface area contributed by atoms with E-state index in [1.807, 2.05) is 66.9 Å². The van der Waals surface area contributed by atoms with E-state index in [0.717, 1.165) is 32.5 Å². The number of pyridine rings is 2. The zero-order valence-corrected chi connectivity index (χ0v) is 34.1. The number of nitrogens with zero attached hydrogens (tertiary/aromatic N) is 2. The molecule has 6 heteroatoms. The maximum absolute atomic E-state index is 15.0. The molecular weight excluding hydrogens is 864 g/mol. The van der Waals surface area contributed by atoms with Gasteiger partial charge in [-0.25, -0.2) is 4.39 Å². The summed E-state index contributed by atoms with van der Waals surface area (Å²) in [6.07, 6.45) is 3.25. The Kier molecular flexibility index (Phi) is 10.1. The van der Waals surface area contributed by atoms with Crippen molar-refractivity contribution in [3.8, 4) is 22.5 Å². The van der Waals surface area contributed by atoms with Gasteiger partial charge in [-0.15, -0.1) is 59.7 Å². The zero-order valence-electron chi connectivity index (χ0n) is 30.9. The maximum Gasteiger partial charge on any atom is 0.143 e. The van der Waals surface area contributed by atoms with Crippen LogP contribution in [-0.4, -0.2) is 18.0 Å². The number of rotatable bonds is 5. The molecule has 9 rings (SSSR count). The van der Waals surface area contributed by atoms with Gasteiger partial charge in [0, 0.05) is 38.3 Å². The molecule has 0 spiro atoms. The molecule has 0 saturated carbocycles. The second-order valence-electron chi connectivity index (χ2n) is 14.1. The molecule has 0 aliphatic rings. The summed E-state index contributed by atoms with van der Waals surface area (Å²) in [5.41, 5.74) is 4.55. The molecule has 263 valence electrons. The number of thiophene rings is 1. The predicted molar refractivity (Wildman–Crippen MR) is 222 cm³/mol. The van der Waals surface area contributed by atoms with Gasteiger partial charge in [0.15, 0.2) is 0 Å². The second kappa shape index (κ2) is 15.3. The van der Waals surface area contributed by atoms with Crippen LogP contribution in [0, 0.1) is 17.9 Å². The van der Waals surface area contributed by atoms with Crippen LogP contribution in [-0.2, 0) is 20.1 Å². The molecule has 0 N–H and O–H groups in total. The first-order valence-electron chi connectivity index (χ1n) is 17.9. The van der Waals surface area contributed by atoms with Crippen LogP contribution in [0.5, 0.6) is 0 Å². The molecule has 0 aliphatic carbocycles. The van der Waals surface area contributed by atoms with Crippen molar-refractivity contribution in [2.75, 3.05) is 0 Å². The topological polar surface area (TPSA) is 25.8 Å². The van der Waals surface area contributed by atoms with Gasteiger partial charge in [-0.05, 0) is 83.6 Å². The molecule has 2 nitrogen and oxygen atoms in total. The Hall–Kier alpha value is -4.84. The largest absolute Gasteiger partial charge is 0.305 e. The molecular formula is C47H37FIrN2SSi-2. The van der Waals surface area contributed by atoms with Crippen molar-refractivity contribution in [2.24, 2.45) is 0 Å². The molecule has 0 amide bonds. The third-order valence-corrected chi connectivity index (χ3v) is 12.8. The number of benzene rings is 6. The Morgan fingerprint density at radius 1 is 0.679 bits per heavy atom. The van der Waals surface area contributed by atoms with Gasteiger partial charge in [0.25, 0.3) is 0 Å². The van der Waals surface area contributed by atoms with E-state index >= 15 is 4.39 Å². The van der Waals surface area contributed by atoms with Crippen LogP contribution in [0.1, 0.15) is 25.3 Å². The Balaban J connectivity index is 0.000000223. The van der Waals surface area contributed by atoms with Gasteiger partial charge >= 0.3 is 0 Å². The summed E-state index contributed by atoms with van der Waals surface area (Å²) in [7, 11) is -1.23. The molecule has 9 aromatic rings. The first-order valence-corrected chi connectivity index (χ1v) is 21.7. The minimum absolute atomic E-state index is 0. The normalized spacial score (nSPS) is 12.9. The number of hydrogen-bond donors (Lipinski definition) is 0. The smallest absolute Gasteiger partial charge is 0.143 e. The fraction of sp³-hybridized carbons (Fsp3) is 0.106. The average Bonchev–Trinajstić information content (AvgIpc) is 3.54. The summed E-state index contributed by atoms with van der Waals surface area (Å²) in [6.45, 7) is 8.72. The van der Waals surface area contributed by atoms with E-state index in [4.69, 9.17) is 1.37 Å². The van der Waals surface area contributed by atoms with Crippen LogP contribution in [0.3, 0.4) is 0 Å². The summed E-state index contributed by atoms with van der Waals surface area (Å²) in [4.78, 5) is 8.96. The van der Waals surface area contributed by atoms with Gasteiger partial charge in [0.05, 0.1) is 14.3 Å². The predicted octanol–water partition coefficient (Wildman–Crippen LogP) is 12.6. The minimum Gasteiger partial charge on any atom is -0.305 e. The summed E-state index contributed by atoms with van der Waals surface area (Å²) < 4.78 is 26.3. The van der Waals surface area contributed by atoms with Crippen molar-refractivity contribution >= 4 is 66.3 Å². The first-order chi connectivity index (χ1) is 25.6. The van der Waals surface area contributed by atoms with Crippen LogP contribution in [0.4, 0.5) is 4.39 Å². The van der Waals surface area contributed by atoms with E-state index in [1.165, 1.54) is 43.0 Å². The van der Waals surface area contributed by atoms with Crippen molar-refractivity contribution in [3.05, 3.63) is 175 Å². The number of fused-ring (bicyclic) bond motifs is 5. The van der Waals surface area contributed by atoms with Gasteiger partial charge in [0.1, 0.15) is 5.82 Å². The van der Waals surface area contributed by atoms with Gasteiger partial charge in [-0.1, -0.05) is 105 Å². The van der Waals surface area contributed by atoms with Crippen LogP contribution in [0.25, 0.3) is 64.2 Å². The van der Waals surface area contributed by atoms with Crippen molar-refractivity contribution in [2.45, 2.75) is 32.5 Å².